The summed E-state index contributed by atoms with van der Waals surface area (Å²) in [6, 6.07) is 8.23. The maximum absolute atomic E-state index is 11.4. The molecule has 0 amide bonds. The first-order valence-electron chi connectivity index (χ1n) is 6.16. The van der Waals surface area contributed by atoms with Crippen LogP contribution in [0.25, 0.3) is 0 Å². The summed E-state index contributed by atoms with van der Waals surface area (Å²) in [6.07, 6.45) is 0. The molecule has 1 aromatic carbocycles. The molecule has 0 saturated carbocycles. The van der Waals surface area contributed by atoms with E-state index in [4.69, 9.17) is 4.74 Å². The lowest BCUT2D eigenvalue weighted by molar-refractivity contribution is -0.141. The molecule has 0 saturated heterocycles. The number of nitrogens with zero attached hydrogens (tertiary/aromatic N) is 1. The molecule has 0 bridgehead atoms. The molecule has 0 aliphatic heterocycles. The van der Waals surface area contributed by atoms with Crippen molar-refractivity contribution in [3.05, 3.63) is 24.3 Å². The van der Waals surface area contributed by atoms with Crippen LogP contribution in [0, 0.1) is 0 Å². The Balaban J connectivity index is 2.58. The highest BCUT2D eigenvalue weighted by Gasteiger charge is 2.08. The standard InChI is InChI=1S/C14H21NO2S/c1-5-17-14(16)10-15(4)12-6-8-13(9-7-12)18-11(2)3/h6-9,11H,5,10H2,1-4H3. The second-order valence-corrected chi connectivity index (χ2v) is 5.97. The highest BCUT2D eigenvalue weighted by Crippen LogP contribution is 2.25. The van der Waals surface area contributed by atoms with Gasteiger partial charge in [0.15, 0.2) is 0 Å². The third-order valence-electron chi connectivity index (χ3n) is 2.32. The predicted molar refractivity (Wildman–Crippen MR) is 77.3 cm³/mol. The molecule has 4 heteroatoms. The fourth-order valence-corrected chi connectivity index (χ4v) is 2.38. The van der Waals surface area contributed by atoms with Crippen molar-refractivity contribution in [2.24, 2.45) is 0 Å². The van der Waals surface area contributed by atoms with Gasteiger partial charge in [0.2, 0.25) is 0 Å². The monoisotopic (exact) mass is 267 g/mol. The van der Waals surface area contributed by atoms with E-state index in [0.717, 1.165) is 5.69 Å². The van der Waals surface area contributed by atoms with Crippen LogP contribution >= 0.6 is 11.8 Å². The third kappa shape index (κ3) is 5.00. The predicted octanol–water partition coefficient (Wildman–Crippen LogP) is 3.19. The van der Waals surface area contributed by atoms with E-state index in [1.54, 1.807) is 0 Å². The van der Waals surface area contributed by atoms with Crippen LogP contribution in [-0.2, 0) is 9.53 Å². The number of carbonyl (C=O) groups excluding carboxylic acids is 1. The summed E-state index contributed by atoms with van der Waals surface area (Å²) in [5, 5.41) is 0.577. The van der Waals surface area contributed by atoms with Crippen molar-refractivity contribution in [3.8, 4) is 0 Å². The van der Waals surface area contributed by atoms with E-state index < -0.39 is 0 Å². The van der Waals surface area contributed by atoms with Gasteiger partial charge in [-0.1, -0.05) is 13.8 Å². The summed E-state index contributed by atoms with van der Waals surface area (Å²) < 4.78 is 4.93. The molecule has 0 spiro atoms. The van der Waals surface area contributed by atoms with Crippen molar-refractivity contribution >= 4 is 23.4 Å². The number of hydrogen-bond donors (Lipinski definition) is 0. The zero-order chi connectivity index (χ0) is 13.5. The first-order valence-corrected chi connectivity index (χ1v) is 7.04. The van der Waals surface area contributed by atoms with Gasteiger partial charge in [0.25, 0.3) is 0 Å². The summed E-state index contributed by atoms with van der Waals surface area (Å²) in [5.41, 5.74) is 1.02. The van der Waals surface area contributed by atoms with Crippen LogP contribution in [0.2, 0.25) is 0 Å². The molecule has 3 nitrogen and oxygen atoms in total. The Morgan fingerprint density at radius 3 is 2.44 bits per heavy atom. The van der Waals surface area contributed by atoms with E-state index in [0.29, 0.717) is 11.9 Å². The topological polar surface area (TPSA) is 29.5 Å². The van der Waals surface area contributed by atoms with Gasteiger partial charge in [-0.2, -0.15) is 0 Å². The van der Waals surface area contributed by atoms with Crippen molar-refractivity contribution in [1.29, 1.82) is 0 Å². The van der Waals surface area contributed by atoms with Gasteiger partial charge in [-0.05, 0) is 31.2 Å². The molecule has 0 aromatic heterocycles. The Hall–Kier alpha value is -1.16. The Kier molecular flexibility index (Phi) is 6.05. The Bertz CT molecular complexity index is 376. The van der Waals surface area contributed by atoms with Crippen molar-refractivity contribution in [1.82, 2.24) is 0 Å². The van der Waals surface area contributed by atoms with Gasteiger partial charge >= 0.3 is 5.97 Å². The Labute approximate surface area is 114 Å². The molecule has 0 aliphatic rings. The number of anilines is 1. The quantitative estimate of drug-likeness (QED) is 0.585. The zero-order valence-corrected chi connectivity index (χ0v) is 12.3. The van der Waals surface area contributed by atoms with E-state index >= 15 is 0 Å². The molecule has 0 atom stereocenters. The van der Waals surface area contributed by atoms with E-state index in [9.17, 15) is 4.79 Å². The van der Waals surface area contributed by atoms with Gasteiger partial charge < -0.3 is 9.64 Å². The van der Waals surface area contributed by atoms with Crippen molar-refractivity contribution < 1.29 is 9.53 Å². The fraction of sp³-hybridized carbons (Fsp3) is 0.500. The van der Waals surface area contributed by atoms with Crippen LogP contribution < -0.4 is 4.90 Å². The average molecular weight is 267 g/mol. The first-order chi connectivity index (χ1) is 8.52. The van der Waals surface area contributed by atoms with E-state index in [2.05, 4.69) is 26.0 Å². The normalized spacial score (nSPS) is 10.5. The van der Waals surface area contributed by atoms with Gasteiger partial charge in [0.05, 0.1) is 6.61 Å². The minimum absolute atomic E-state index is 0.194. The highest BCUT2D eigenvalue weighted by atomic mass is 32.2. The number of esters is 1. The third-order valence-corrected chi connectivity index (χ3v) is 3.34. The zero-order valence-electron chi connectivity index (χ0n) is 11.5. The van der Waals surface area contributed by atoms with Crippen LogP contribution in [0.5, 0.6) is 0 Å². The fourth-order valence-electron chi connectivity index (χ4n) is 1.54. The van der Waals surface area contributed by atoms with E-state index in [1.807, 2.05) is 42.8 Å². The lowest BCUT2D eigenvalue weighted by atomic mass is 10.3. The molecule has 100 valence electrons. The number of ether oxygens (including phenoxy) is 1. The molecule has 0 heterocycles. The van der Waals surface area contributed by atoms with E-state index in [-0.39, 0.29) is 12.5 Å². The van der Waals surface area contributed by atoms with Crippen LogP contribution in [-0.4, -0.2) is 31.4 Å². The molecule has 18 heavy (non-hydrogen) atoms. The van der Waals surface area contributed by atoms with Crippen LogP contribution in [0.3, 0.4) is 0 Å². The molecular weight excluding hydrogens is 246 g/mol. The molecule has 0 aliphatic carbocycles. The minimum Gasteiger partial charge on any atom is -0.465 e. The van der Waals surface area contributed by atoms with Gasteiger partial charge in [0.1, 0.15) is 6.54 Å². The number of carbonyl (C=O) groups is 1. The SMILES string of the molecule is CCOC(=O)CN(C)c1ccc(SC(C)C)cc1. The number of likely N-dealkylation sites (N-methyl/N-ethyl adjacent to an activating group) is 1. The number of hydrogen-bond acceptors (Lipinski definition) is 4. The molecule has 0 fully saturated rings. The lowest BCUT2D eigenvalue weighted by Gasteiger charge is -2.18. The largest absolute Gasteiger partial charge is 0.465 e. The van der Waals surface area contributed by atoms with Crippen LogP contribution in [0.1, 0.15) is 20.8 Å². The summed E-state index contributed by atoms with van der Waals surface area (Å²) in [5.74, 6) is -0.194. The highest BCUT2D eigenvalue weighted by molar-refractivity contribution is 7.99. The molecule has 1 rings (SSSR count). The van der Waals surface area contributed by atoms with E-state index in [1.165, 1.54) is 4.90 Å². The second kappa shape index (κ2) is 7.31. The maximum atomic E-state index is 11.4. The smallest absolute Gasteiger partial charge is 0.325 e. The summed E-state index contributed by atoms with van der Waals surface area (Å²) in [7, 11) is 1.89. The maximum Gasteiger partial charge on any atom is 0.325 e. The number of thioether (sulfide) groups is 1. The average Bonchev–Trinajstić information content (AvgIpc) is 2.29. The van der Waals surface area contributed by atoms with Crippen LogP contribution in [0.15, 0.2) is 29.2 Å². The molecule has 0 unspecified atom stereocenters. The van der Waals surface area contributed by atoms with Crippen molar-refractivity contribution in [3.63, 3.8) is 0 Å². The number of benzene rings is 1. The van der Waals surface area contributed by atoms with Gasteiger partial charge in [-0.3, -0.25) is 4.79 Å². The van der Waals surface area contributed by atoms with Crippen molar-refractivity contribution in [2.45, 2.75) is 30.9 Å². The Morgan fingerprint density at radius 2 is 1.94 bits per heavy atom. The minimum atomic E-state index is -0.194. The van der Waals surface area contributed by atoms with Gasteiger partial charge in [-0.25, -0.2) is 0 Å². The Morgan fingerprint density at radius 1 is 1.33 bits per heavy atom. The summed E-state index contributed by atoms with van der Waals surface area (Å²) in [6.45, 7) is 6.87. The summed E-state index contributed by atoms with van der Waals surface area (Å²) >= 11 is 1.83. The van der Waals surface area contributed by atoms with Crippen molar-refractivity contribution in [2.75, 3.05) is 25.1 Å². The van der Waals surface area contributed by atoms with Gasteiger partial charge in [-0.15, -0.1) is 11.8 Å². The lowest BCUT2D eigenvalue weighted by Crippen LogP contribution is -2.26. The molecular formula is C14H21NO2S. The molecule has 0 N–H and O–H groups in total. The summed E-state index contributed by atoms with van der Waals surface area (Å²) in [4.78, 5) is 14.5. The molecule has 0 radical (unpaired) electrons. The first kappa shape index (κ1) is 14.9. The number of rotatable bonds is 6. The molecule has 1 aromatic rings. The van der Waals surface area contributed by atoms with Crippen LogP contribution in [0.4, 0.5) is 5.69 Å². The second-order valence-electron chi connectivity index (χ2n) is 4.32. The van der Waals surface area contributed by atoms with Gasteiger partial charge in [0, 0.05) is 22.9 Å².